The molecule has 0 aliphatic carbocycles. The highest BCUT2D eigenvalue weighted by molar-refractivity contribution is 7.15. The Labute approximate surface area is 157 Å². The molecule has 4 heterocycles. The molecule has 1 aliphatic heterocycles. The second-order valence-electron chi connectivity index (χ2n) is 6.11. The van der Waals surface area contributed by atoms with Gasteiger partial charge in [0.2, 0.25) is 16.9 Å². The van der Waals surface area contributed by atoms with Crippen LogP contribution in [-0.2, 0) is 27.5 Å². The van der Waals surface area contributed by atoms with Crippen LogP contribution in [0, 0.1) is 5.92 Å². The van der Waals surface area contributed by atoms with E-state index in [1.807, 2.05) is 12.1 Å². The number of pyridine rings is 1. The monoisotopic (exact) mass is 387 g/mol. The third kappa shape index (κ3) is 3.51. The summed E-state index contributed by atoms with van der Waals surface area (Å²) >= 11 is 1.29. The number of H-pyrrole nitrogens is 1. The number of aromatic amines is 1. The molecule has 0 spiro atoms. The van der Waals surface area contributed by atoms with Gasteiger partial charge in [-0.15, -0.1) is 10.2 Å². The number of hydrogen-bond donors (Lipinski definition) is 2. The lowest BCUT2D eigenvalue weighted by atomic mass is 10.1. The molecular formula is C16H17N7O3S. The fourth-order valence-electron chi connectivity index (χ4n) is 2.96. The van der Waals surface area contributed by atoms with E-state index >= 15 is 0 Å². The van der Waals surface area contributed by atoms with Gasteiger partial charge < -0.3 is 10.1 Å². The molecule has 0 radical (unpaired) electrons. The average Bonchev–Trinajstić information content (AvgIpc) is 3.38. The standard InChI is InChI=1S/C16H17N7O3S/c1-26-8-12-20-22-16(27-12)23-7-9(5-13(23)24)15(25)18-6-11-10-3-2-4-17-14(10)21-19-11/h2-4,9H,5-8H2,1H3,(H,18,25)(H,17,19,21). The first-order valence-corrected chi connectivity index (χ1v) is 9.14. The van der Waals surface area contributed by atoms with Crippen molar-refractivity contribution in [1.29, 1.82) is 0 Å². The Morgan fingerprint density at radius 3 is 3.22 bits per heavy atom. The molecule has 3 aromatic heterocycles. The fraction of sp³-hybridized carbons (Fsp3) is 0.375. The van der Waals surface area contributed by atoms with Crippen LogP contribution in [0.1, 0.15) is 17.1 Å². The predicted octanol–water partition coefficient (Wildman–Crippen LogP) is 0.625. The molecule has 11 heteroatoms. The Kier molecular flexibility index (Phi) is 4.77. The largest absolute Gasteiger partial charge is 0.377 e. The van der Waals surface area contributed by atoms with Crippen LogP contribution in [0.25, 0.3) is 11.0 Å². The zero-order valence-corrected chi connectivity index (χ0v) is 15.3. The molecule has 1 atom stereocenters. The summed E-state index contributed by atoms with van der Waals surface area (Å²) in [4.78, 5) is 30.5. The van der Waals surface area contributed by atoms with Crippen molar-refractivity contribution in [2.45, 2.75) is 19.6 Å². The van der Waals surface area contributed by atoms with Gasteiger partial charge in [-0.2, -0.15) is 5.10 Å². The van der Waals surface area contributed by atoms with Gasteiger partial charge >= 0.3 is 0 Å². The minimum atomic E-state index is -0.431. The van der Waals surface area contributed by atoms with Gasteiger partial charge in [0.05, 0.1) is 18.2 Å². The molecule has 2 N–H and O–H groups in total. The summed E-state index contributed by atoms with van der Waals surface area (Å²) in [6.45, 7) is 0.927. The Bertz CT molecular complexity index is 985. The maximum atomic E-state index is 12.5. The number of rotatable bonds is 6. The quantitative estimate of drug-likeness (QED) is 0.635. The van der Waals surface area contributed by atoms with Gasteiger partial charge in [-0.25, -0.2) is 4.98 Å². The van der Waals surface area contributed by atoms with E-state index in [9.17, 15) is 9.59 Å². The van der Waals surface area contributed by atoms with E-state index in [1.54, 1.807) is 13.3 Å². The first-order valence-electron chi connectivity index (χ1n) is 8.33. The number of hydrogen-bond acceptors (Lipinski definition) is 8. The molecule has 2 amide bonds. The SMILES string of the molecule is COCc1nnc(N2CC(C(=O)NCc3[nH]nc4ncccc34)CC2=O)s1. The first-order chi connectivity index (χ1) is 13.2. The number of carbonyl (C=O) groups excluding carboxylic acids is 2. The van der Waals surface area contributed by atoms with Crippen LogP contribution in [0.5, 0.6) is 0 Å². The lowest BCUT2D eigenvalue weighted by Gasteiger charge is -2.12. The summed E-state index contributed by atoms with van der Waals surface area (Å²) in [5.74, 6) is -0.745. The second-order valence-corrected chi connectivity index (χ2v) is 7.15. The molecule has 1 aliphatic rings. The van der Waals surface area contributed by atoms with Crippen molar-refractivity contribution in [3.8, 4) is 0 Å². The topological polar surface area (TPSA) is 126 Å². The van der Waals surface area contributed by atoms with Gasteiger partial charge in [0.25, 0.3) is 0 Å². The maximum Gasteiger partial charge on any atom is 0.229 e. The van der Waals surface area contributed by atoms with E-state index in [1.165, 1.54) is 16.2 Å². The highest BCUT2D eigenvalue weighted by Crippen LogP contribution is 2.28. The van der Waals surface area contributed by atoms with Crippen LogP contribution >= 0.6 is 11.3 Å². The van der Waals surface area contributed by atoms with E-state index in [2.05, 4.69) is 30.7 Å². The summed E-state index contributed by atoms with van der Waals surface area (Å²) < 4.78 is 5.02. The minimum absolute atomic E-state index is 0.133. The smallest absolute Gasteiger partial charge is 0.229 e. The number of ether oxygens (including phenoxy) is 1. The molecule has 0 aromatic carbocycles. The summed E-state index contributed by atoms with van der Waals surface area (Å²) in [5, 5.41) is 19.9. The molecular weight excluding hydrogens is 370 g/mol. The zero-order valence-electron chi connectivity index (χ0n) is 14.5. The number of anilines is 1. The van der Waals surface area contributed by atoms with Gasteiger partial charge in [0, 0.05) is 31.7 Å². The van der Waals surface area contributed by atoms with Crippen molar-refractivity contribution in [2.75, 3.05) is 18.6 Å². The van der Waals surface area contributed by atoms with E-state index in [-0.39, 0.29) is 24.8 Å². The van der Waals surface area contributed by atoms with E-state index in [0.29, 0.717) is 28.9 Å². The Balaban J connectivity index is 1.38. The maximum absolute atomic E-state index is 12.5. The highest BCUT2D eigenvalue weighted by Gasteiger charge is 2.36. The van der Waals surface area contributed by atoms with Crippen LogP contribution in [0.3, 0.4) is 0 Å². The highest BCUT2D eigenvalue weighted by atomic mass is 32.1. The van der Waals surface area contributed by atoms with Crippen molar-refractivity contribution < 1.29 is 14.3 Å². The van der Waals surface area contributed by atoms with Gasteiger partial charge in [0.15, 0.2) is 5.65 Å². The summed E-state index contributed by atoms with van der Waals surface area (Å²) in [6, 6.07) is 3.71. The predicted molar refractivity (Wildman–Crippen MR) is 96.8 cm³/mol. The number of nitrogens with one attached hydrogen (secondary N) is 2. The van der Waals surface area contributed by atoms with Crippen LogP contribution in [0.2, 0.25) is 0 Å². The average molecular weight is 387 g/mol. The lowest BCUT2D eigenvalue weighted by Crippen LogP contribution is -2.32. The van der Waals surface area contributed by atoms with Crippen LogP contribution < -0.4 is 10.2 Å². The molecule has 0 saturated carbocycles. The number of fused-ring (bicyclic) bond motifs is 1. The van der Waals surface area contributed by atoms with E-state index in [4.69, 9.17) is 4.74 Å². The van der Waals surface area contributed by atoms with Gasteiger partial charge in [-0.05, 0) is 12.1 Å². The molecule has 1 unspecified atom stereocenters. The lowest BCUT2D eigenvalue weighted by molar-refractivity contribution is -0.126. The van der Waals surface area contributed by atoms with E-state index in [0.717, 1.165) is 11.1 Å². The molecule has 140 valence electrons. The van der Waals surface area contributed by atoms with Crippen LogP contribution in [0.4, 0.5) is 5.13 Å². The molecule has 27 heavy (non-hydrogen) atoms. The van der Waals surface area contributed by atoms with Crippen molar-refractivity contribution >= 4 is 39.3 Å². The number of carbonyl (C=O) groups is 2. The summed E-state index contributed by atoms with van der Waals surface area (Å²) in [5.41, 5.74) is 1.38. The molecule has 1 fully saturated rings. The first kappa shape index (κ1) is 17.5. The number of aromatic nitrogens is 5. The number of nitrogens with zero attached hydrogens (tertiary/aromatic N) is 5. The Morgan fingerprint density at radius 2 is 2.37 bits per heavy atom. The normalized spacial score (nSPS) is 17.0. The van der Waals surface area contributed by atoms with Crippen LogP contribution in [0.15, 0.2) is 18.3 Å². The molecule has 4 rings (SSSR count). The number of methoxy groups -OCH3 is 1. The Morgan fingerprint density at radius 1 is 1.48 bits per heavy atom. The van der Waals surface area contributed by atoms with Crippen molar-refractivity contribution in [2.24, 2.45) is 5.92 Å². The van der Waals surface area contributed by atoms with Crippen molar-refractivity contribution in [3.63, 3.8) is 0 Å². The summed E-state index contributed by atoms with van der Waals surface area (Å²) in [6.07, 6.45) is 1.81. The molecule has 10 nitrogen and oxygen atoms in total. The van der Waals surface area contributed by atoms with Gasteiger partial charge in [0.1, 0.15) is 11.6 Å². The second kappa shape index (κ2) is 7.37. The van der Waals surface area contributed by atoms with Crippen LogP contribution in [-0.4, -0.2) is 50.8 Å². The summed E-state index contributed by atoms with van der Waals surface area (Å²) in [7, 11) is 1.57. The van der Waals surface area contributed by atoms with E-state index < -0.39 is 5.92 Å². The molecule has 0 bridgehead atoms. The third-order valence-corrected chi connectivity index (χ3v) is 5.22. The van der Waals surface area contributed by atoms with Crippen molar-refractivity contribution in [3.05, 3.63) is 29.0 Å². The minimum Gasteiger partial charge on any atom is -0.377 e. The number of amides is 2. The van der Waals surface area contributed by atoms with Gasteiger partial charge in [-0.1, -0.05) is 11.3 Å². The van der Waals surface area contributed by atoms with Gasteiger partial charge in [-0.3, -0.25) is 19.6 Å². The Hall–Kier alpha value is -2.92. The molecule has 3 aromatic rings. The molecule has 1 saturated heterocycles. The zero-order chi connectivity index (χ0) is 18.8. The third-order valence-electron chi connectivity index (χ3n) is 4.30. The fourth-order valence-corrected chi connectivity index (χ4v) is 3.80. The van der Waals surface area contributed by atoms with Crippen molar-refractivity contribution in [1.82, 2.24) is 30.7 Å².